The number of carbonyl (C=O) groups is 1. The lowest BCUT2D eigenvalue weighted by molar-refractivity contribution is -0.135. The normalized spacial score (nSPS) is 16.3. The molecule has 9 nitrogen and oxygen atoms in total. The number of carbonyl (C=O) groups excluding carboxylic acids is 1. The van der Waals surface area contributed by atoms with Crippen molar-refractivity contribution in [3.05, 3.63) is 23.0 Å². The number of aliphatic hydroxyl groups is 1. The SMILES string of the molecule is COc1cnc(C2(O)CCN(C(=O)Cc3csc(N)n3)CC2)c(OC)n1. The number of amides is 1. The Bertz CT molecular complexity index is 789. The van der Waals surface area contributed by atoms with Gasteiger partial charge in [-0.1, -0.05) is 0 Å². The largest absolute Gasteiger partial charge is 0.480 e. The third-order valence-electron chi connectivity index (χ3n) is 4.41. The van der Waals surface area contributed by atoms with Crippen LogP contribution in [-0.2, 0) is 16.8 Å². The van der Waals surface area contributed by atoms with Gasteiger partial charge in [0.25, 0.3) is 0 Å². The summed E-state index contributed by atoms with van der Waals surface area (Å²) in [6, 6.07) is 0. The summed E-state index contributed by atoms with van der Waals surface area (Å²) < 4.78 is 10.3. The molecule has 10 heteroatoms. The predicted octanol–water partition coefficient (Wildman–Crippen LogP) is 0.585. The molecule has 0 radical (unpaired) electrons. The van der Waals surface area contributed by atoms with E-state index in [1.54, 1.807) is 10.3 Å². The maximum atomic E-state index is 12.4. The molecule has 1 fully saturated rings. The highest BCUT2D eigenvalue weighted by Gasteiger charge is 2.39. The number of hydrogen-bond acceptors (Lipinski definition) is 9. The van der Waals surface area contributed by atoms with Crippen LogP contribution in [0.4, 0.5) is 5.13 Å². The second kappa shape index (κ2) is 7.42. The number of methoxy groups -OCH3 is 2. The number of anilines is 1. The van der Waals surface area contributed by atoms with E-state index in [2.05, 4.69) is 15.0 Å². The lowest BCUT2D eigenvalue weighted by Gasteiger charge is -2.37. The van der Waals surface area contributed by atoms with E-state index in [9.17, 15) is 9.90 Å². The summed E-state index contributed by atoms with van der Waals surface area (Å²) in [5.41, 5.74) is 5.42. The van der Waals surface area contributed by atoms with Crippen LogP contribution in [0.3, 0.4) is 0 Å². The standard InChI is InChI=1S/C16H21N5O4S/c1-24-11-8-18-13(14(20-11)25-2)16(23)3-5-21(6-4-16)12(22)7-10-9-26-15(17)19-10/h8-9,23H,3-7H2,1-2H3,(H2,17,19). The second-order valence-corrected chi connectivity index (χ2v) is 6.93. The number of piperidine rings is 1. The summed E-state index contributed by atoms with van der Waals surface area (Å²) in [7, 11) is 2.95. The van der Waals surface area contributed by atoms with Crippen LogP contribution in [-0.4, -0.2) is 58.2 Å². The molecule has 3 heterocycles. The maximum absolute atomic E-state index is 12.4. The minimum Gasteiger partial charge on any atom is -0.480 e. The van der Waals surface area contributed by atoms with Gasteiger partial charge in [-0.25, -0.2) is 9.97 Å². The fourth-order valence-corrected chi connectivity index (χ4v) is 3.51. The number of thiazole rings is 1. The molecule has 1 saturated heterocycles. The van der Waals surface area contributed by atoms with E-state index in [1.165, 1.54) is 31.8 Å². The van der Waals surface area contributed by atoms with E-state index in [1.807, 2.05) is 0 Å². The number of nitrogens with two attached hydrogens (primary N) is 1. The van der Waals surface area contributed by atoms with Gasteiger partial charge >= 0.3 is 0 Å². The fourth-order valence-electron chi connectivity index (χ4n) is 2.95. The molecule has 0 aromatic carbocycles. The van der Waals surface area contributed by atoms with Crippen LogP contribution < -0.4 is 15.2 Å². The molecule has 0 atom stereocenters. The highest BCUT2D eigenvalue weighted by atomic mass is 32.1. The third-order valence-corrected chi connectivity index (χ3v) is 5.13. The average molecular weight is 379 g/mol. The Labute approximate surface area is 154 Å². The zero-order valence-corrected chi connectivity index (χ0v) is 15.5. The Morgan fingerprint density at radius 1 is 1.35 bits per heavy atom. The Balaban J connectivity index is 1.68. The van der Waals surface area contributed by atoms with Crippen molar-refractivity contribution in [1.29, 1.82) is 0 Å². The fraction of sp³-hybridized carbons (Fsp3) is 0.500. The predicted molar refractivity (Wildman–Crippen MR) is 95.1 cm³/mol. The van der Waals surface area contributed by atoms with Crippen molar-refractivity contribution in [2.75, 3.05) is 33.0 Å². The highest BCUT2D eigenvalue weighted by Crippen LogP contribution is 2.36. The molecular formula is C16H21N5O4S. The molecule has 3 rings (SSSR count). The molecule has 140 valence electrons. The lowest BCUT2D eigenvalue weighted by Crippen LogP contribution is -2.46. The maximum Gasteiger partial charge on any atom is 0.241 e. The second-order valence-electron chi connectivity index (χ2n) is 6.04. The minimum absolute atomic E-state index is 0.0369. The Morgan fingerprint density at radius 3 is 2.65 bits per heavy atom. The summed E-state index contributed by atoms with van der Waals surface area (Å²) in [5, 5.41) is 13.3. The molecule has 0 saturated carbocycles. The summed E-state index contributed by atoms with van der Waals surface area (Å²) in [6.45, 7) is 0.817. The molecule has 0 bridgehead atoms. The summed E-state index contributed by atoms with van der Waals surface area (Å²) in [4.78, 5) is 26.7. The van der Waals surface area contributed by atoms with Gasteiger partial charge in [0.2, 0.25) is 17.7 Å². The number of hydrogen-bond donors (Lipinski definition) is 2. The van der Waals surface area contributed by atoms with Crippen molar-refractivity contribution in [1.82, 2.24) is 19.9 Å². The number of rotatable bonds is 5. The average Bonchev–Trinajstić information content (AvgIpc) is 3.06. The minimum atomic E-state index is -1.20. The number of nitrogen functional groups attached to an aromatic ring is 1. The van der Waals surface area contributed by atoms with Crippen LogP contribution in [0.15, 0.2) is 11.6 Å². The molecule has 0 aliphatic carbocycles. The van der Waals surface area contributed by atoms with Crippen molar-refractivity contribution >= 4 is 22.4 Å². The van der Waals surface area contributed by atoms with Crippen LogP contribution in [0.2, 0.25) is 0 Å². The first kappa shape index (κ1) is 18.3. The van der Waals surface area contributed by atoms with Gasteiger partial charge in [0.05, 0.1) is 32.5 Å². The molecule has 2 aromatic rings. The summed E-state index contributed by atoms with van der Waals surface area (Å²) >= 11 is 1.31. The van der Waals surface area contributed by atoms with Crippen molar-refractivity contribution < 1.29 is 19.4 Å². The zero-order chi connectivity index (χ0) is 18.7. The van der Waals surface area contributed by atoms with Gasteiger partial charge in [-0.05, 0) is 12.8 Å². The molecule has 3 N–H and O–H groups in total. The molecular weight excluding hydrogens is 358 g/mol. The van der Waals surface area contributed by atoms with E-state index in [0.717, 1.165) is 0 Å². The van der Waals surface area contributed by atoms with Gasteiger partial charge in [0.15, 0.2) is 5.13 Å². The highest BCUT2D eigenvalue weighted by molar-refractivity contribution is 7.13. The van der Waals surface area contributed by atoms with Crippen LogP contribution in [0.1, 0.15) is 24.2 Å². The third kappa shape index (κ3) is 3.70. The monoisotopic (exact) mass is 379 g/mol. The van der Waals surface area contributed by atoms with Crippen molar-refractivity contribution in [3.8, 4) is 11.8 Å². The van der Waals surface area contributed by atoms with Crippen LogP contribution in [0.25, 0.3) is 0 Å². The topological polar surface area (TPSA) is 124 Å². The first-order chi connectivity index (χ1) is 12.4. The van der Waals surface area contributed by atoms with Crippen LogP contribution >= 0.6 is 11.3 Å². The van der Waals surface area contributed by atoms with Crippen molar-refractivity contribution in [2.45, 2.75) is 24.9 Å². The quantitative estimate of drug-likeness (QED) is 0.773. The molecule has 0 spiro atoms. The molecule has 1 aliphatic heterocycles. The summed E-state index contributed by atoms with van der Waals surface area (Å²) in [5.74, 6) is 0.499. The molecule has 0 unspecified atom stereocenters. The number of nitrogens with zero attached hydrogens (tertiary/aromatic N) is 4. The Hall–Kier alpha value is -2.46. The van der Waals surface area contributed by atoms with Crippen molar-refractivity contribution in [3.63, 3.8) is 0 Å². The van der Waals surface area contributed by atoms with E-state index in [-0.39, 0.29) is 18.2 Å². The molecule has 1 aliphatic rings. The van der Waals surface area contributed by atoms with Gasteiger partial charge in [-0.3, -0.25) is 4.79 Å². The smallest absolute Gasteiger partial charge is 0.241 e. The molecule has 1 amide bonds. The van der Waals surface area contributed by atoms with E-state index >= 15 is 0 Å². The van der Waals surface area contributed by atoms with Gasteiger partial charge in [0, 0.05) is 18.5 Å². The zero-order valence-electron chi connectivity index (χ0n) is 14.6. The van der Waals surface area contributed by atoms with Gasteiger partial charge in [-0.15, -0.1) is 11.3 Å². The number of likely N-dealkylation sites (tertiary alicyclic amines) is 1. The number of ether oxygens (including phenoxy) is 2. The van der Waals surface area contributed by atoms with Gasteiger partial charge < -0.3 is 25.2 Å². The van der Waals surface area contributed by atoms with Crippen molar-refractivity contribution in [2.24, 2.45) is 0 Å². The molecule has 26 heavy (non-hydrogen) atoms. The lowest BCUT2D eigenvalue weighted by atomic mass is 9.88. The van der Waals surface area contributed by atoms with Gasteiger partial charge in [-0.2, -0.15) is 4.98 Å². The Kier molecular flexibility index (Phi) is 5.23. The first-order valence-corrected chi connectivity index (χ1v) is 8.98. The van der Waals surface area contributed by atoms with E-state index < -0.39 is 5.60 Å². The van der Waals surface area contributed by atoms with Crippen LogP contribution in [0, 0.1) is 0 Å². The first-order valence-electron chi connectivity index (χ1n) is 8.10. The molecule has 2 aromatic heterocycles. The van der Waals surface area contributed by atoms with E-state index in [4.69, 9.17) is 15.2 Å². The summed E-state index contributed by atoms with van der Waals surface area (Å²) in [6.07, 6.45) is 2.34. The van der Waals surface area contributed by atoms with E-state index in [0.29, 0.717) is 48.3 Å². The number of aromatic nitrogens is 3. The van der Waals surface area contributed by atoms with Crippen LogP contribution in [0.5, 0.6) is 11.8 Å². The van der Waals surface area contributed by atoms with Gasteiger partial charge in [0.1, 0.15) is 11.3 Å². The Morgan fingerprint density at radius 2 is 2.08 bits per heavy atom.